The Balaban J connectivity index is 2.61. The summed E-state index contributed by atoms with van der Waals surface area (Å²) in [4.78, 5) is 0. The summed E-state index contributed by atoms with van der Waals surface area (Å²) in [6, 6.07) is 4.38. The second-order valence-electron chi connectivity index (χ2n) is 5.92. The maximum atomic E-state index is 6.13. The highest BCUT2D eigenvalue weighted by atomic mass is 79.9. The van der Waals surface area contributed by atoms with E-state index in [0.717, 1.165) is 10.2 Å². The van der Waals surface area contributed by atoms with Gasteiger partial charge in [-0.1, -0.05) is 42.6 Å². The zero-order valence-electron chi connectivity index (χ0n) is 12.1. The van der Waals surface area contributed by atoms with Crippen molar-refractivity contribution in [2.24, 2.45) is 5.73 Å². The third kappa shape index (κ3) is 2.68. The molecule has 2 N–H and O–H groups in total. The van der Waals surface area contributed by atoms with Crippen molar-refractivity contribution in [2.75, 3.05) is 13.7 Å². The largest absolute Gasteiger partial charge is 0.496 e. The van der Waals surface area contributed by atoms with Gasteiger partial charge in [0.1, 0.15) is 5.75 Å². The molecule has 1 aromatic carbocycles. The third-order valence-electron chi connectivity index (χ3n) is 4.43. The van der Waals surface area contributed by atoms with Crippen LogP contribution < -0.4 is 10.5 Å². The van der Waals surface area contributed by atoms with Gasteiger partial charge in [-0.2, -0.15) is 0 Å². The van der Waals surface area contributed by atoms with Crippen LogP contribution in [0.15, 0.2) is 16.6 Å². The zero-order valence-corrected chi connectivity index (χ0v) is 13.7. The Morgan fingerprint density at radius 2 is 1.95 bits per heavy atom. The predicted molar refractivity (Wildman–Crippen MR) is 84.0 cm³/mol. The number of rotatable bonds is 4. The molecule has 1 aliphatic carbocycles. The second kappa shape index (κ2) is 5.84. The van der Waals surface area contributed by atoms with Gasteiger partial charge in [0.05, 0.1) is 7.11 Å². The molecule has 0 atom stereocenters. The normalized spacial score (nSPS) is 18.0. The first-order valence-corrected chi connectivity index (χ1v) is 7.91. The fourth-order valence-electron chi connectivity index (χ4n) is 3.30. The Morgan fingerprint density at radius 1 is 1.32 bits per heavy atom. The summed E-state index contributed by atoms with van der Waals surface area (Å²) in [5, 5.41) is 0. The highest BCUT2D eigenvalue weighted by molar-refractivity contribution is 9.10. The molecule has 3 heteroatoms. The van der Waals surface area contributed by atoms with Gasteiger partial charge in [0.2, 0.25) is 0 Å². The fraction of sp³-hybridized carbons (Fsp3) is 0.625. The van der Waals surface area contributed by atoms with Crippen LogP contribution in [0, 0.1) is 0 Å². The maximum Gasteiger partial charge on any atom is 0.126 e. The van der Waals surface area contributed by atoms with Crippen LogP contribution in [0.5, 0.6) is 5.75 Å². The van der Waals surface area contributed by atoms with Crippen molar-refractivity contribution in [2.45, 2.75) is 50.9 Å². The van der Waals surface area contributed by atoms with Crippen molar-refractivity contribution in [3.05, 3.63) is 27.7 Å². The summed E-state index contributed by atoms with van der Waals surface area (Å²) >= 11 is 3.65. The molecule has 0 aromatic heterocycles. The van der Waals surface area contributed by atoms with E-state index in [1.54, 1.807) is 7.11 Å². The minimum atomic E-state index is 0.110. The van der Waals surface area contributed by atoms with Gasteiger partial charge in [-0.25, -0.2) is 0 Å². The molecule has 106 valence electrons. The summed E-state index contributed by atoms with van der Waals surface area (Å²) in [5.41, 5.74) is 8.81. The Morgan fingerprint density at radius 3 is 2.42 bits per heavy atom. The van der Waals surface area contributed by atoms with E-state index in [2.05, 4.69) is 41.9 Å². The molecule has 0 saturated heterocycles. The van der Waals surface area contributed by atoms with E-state index in [1.165, 1.54) is 36.8 Å². The number of benzene rings is 1. The van der Waals surface area contributed by atoms with E-state index < -0.39 is 0 Å². The topological polar surface area (TPSA) is 35.2 Å². The number of ether oxygens (including phenoxy) is 1. The van der Waals surface area contributed by atoms with Crippen LogP contribution in [0.2, 0.25) is 0 Å². The van der Waals surface area contributed by atoms with Gasteiger partial charge in [-0.15, -0.1) is 0 Å². The molecule has 0 spiro atoms. The molecule has 0 heterocycles. The van der Waals surface area contributed by atoms with E-state index in [4.69, 9.17) is 10.5 Å². The summed E-state index contributed by atoms with van der Waals surface area (Å²) < 4.78 is 6.89. The van der Waals surface area contributed by atoms with E-state index in [9.17, 15) is 0 Å². The zero-order chi connectivity index (χ0) is 14.0. The van der Waals surface area contributed by atoms with Crippen molar-refractivity contribution in [1.82, 2.24) is 0 Å². The van der Waals surface area contributed by atoms with Crippen LogP contribution >= 0.6 is 15.9 Å². The average molecular weight is 326 g/mol. The molecule has 1 aromatic rings. The fourth-order valence-corrected chi connectivity index (χ4v) is 3.78. The van der Waals surface area contributed by atoms with E-state index >= 15 is 0 Å². The van der Waals surface area contributed by atoms with Gasteiger partial charge in [0, 0.05) is 22.0 Å². The molecular formula is C16H24BrNO. The van der Waals surface area contributed by atoms with Gasteiger partial charge in [0.25, 0.3) is 0 Å². The van der Waals surface area contributed by atoms with Gasteiger partial charge >= 0.3 is 0 Å². The molecule has 0 bridgehead atoms. The van der Waals surface area contributed by atoms with Gasteiger partial charge in [-0.05, 0) is 36.5 Å². The van der Waals surface area contributed by atoms with Crippen LogP contribution in [0.1, 0.15) is 56.6 Å². The third-order valence-corrected chi connectivity index (χ3v) is 4.89. The summed E-state index contributed by atoms with van der Waals surface area (Å²) in [5.74, 6) is 1.49. The van der Waals surface area contributed by atoms with Crippen LogP contribution in [-0.4, -0.2) is 13.7 Å². The van der Waals surface area contributed by atoms with Crippen molar-refractivity contribution in [3.8, 4) is 5.75 Å². The monoisotopic (exact) mass is 325 g/mol. The molecule has 1 fully saturated rings. The molecule has 0 unspecified atom stereocenters. The molecule has 0 aliphatic heterocycles. The molecule has 19 heavy (non-hydrogen) atoms. The summed E-state index contributed by atoms with van der Waals surface area (Å²) in [6.07, 6.45) is 4.88. The first-order valence-electron chi connectivity index (χ1n) is 7.12. The first-order chi connectivity index (χ1) is 9.04. The Bertz CT molecular complexity index is 450. The molecular weight excluding hydrogens is 302 g/mol. The Hall–Kier alpha value is -0.540. The average Bonchev–Trinajstić information content (AvgIpc) is 2.87. The quantitative estimate of drug-likeness (QED) is 0.893. The van der Waals surface area contributed by atoms with Gasteiger partial charge in [-0.3, -0.25) is 0 Å². The lowest BCUT2D eigenvalue weighted by molar-refractivity contribution is 0.372. The molecule has 2 nitrogen and oxygen atoms in total. The SMILES string of the molecule is COc1c(C(C)C)cc(Br)cc1C1(CN)CCCC1. The number of hydrogen-bond acceptors (Lipinski definition) is 2. The van der Waals surface area contributed by atoms with Crippen molar-refractivity contribution < 1.29 is 4.74 Å². The minimum absolute atomic E-state index is 0.110. The Kier molecular flexibility index (Phi) is 4.57. The van der Waals surface area contributed by atoms with E-state index in [-0.39, 0.29) is 5.41 Å². The second-order valence-corrected chi connectivity index (χ2v) is 6.84. The van der Waals surface area contributed by atoms with Crippen molar-refractivity contribution in [1.29, 1.82) is 0 Å². The molecule has 0 amide bonds. The predicted octanol–water partition coefficient (Wildman–Crippen LogP) is 4.35. The number of halogens is 1. The van der Waals surface area contributed by atoms with Crippen molar-refractivity contribution in [3.63, 3.8) is 0 Å². The molecule has 1 saturated carbocycles. The van der Waals surface area contributed by atoms with Gasteiger partial charge in [0.15, 0.2) is 0 Å². The van der Waals surface area contributed by atoms with Gasteiger partial charge < -0.3 is 10.5 Å². The van der Waals surface area contributed by atoms with Crippen LogP contribution in [0.3, 0.4) is 0 Å². The smallest absolute Gasteiger partial charge is 0.126 e. The summed E-state index contributed by atoms with van der Waals surface area (Å²) in [7, 11) is 1.78. The summed E-state index contributed by atoms with van der Waals surface area (Å²) in [6.45, 7) is 5.12. The van der Waals surface area contributed by atoms with Crippen LogP contribution in [0.25, 0.3) is 0 Å². The number of nitrogens with two attached hydrogens (primary N) is 1. The first kappa shape index (κ1) is 14.9. The lowest BCUT2D eigenvalue weighted by Gasteiger charge is -2.31. The van der Waals surface area contributed by atoms with Crippen LogP contribution in [-0.2, 0) is 5.41 Å². The maximum absolute atomic E-state index is 6.13. The van der Waals surface area contributed by atoms with E-state index in [1.807, 2.05) is 0 Å². The lowest BCUT2D eigenvalue weighted by Crippen LogP contribution is -2.32. The van der Waals surface area contributed by atoms with E-state index in [0.29, 0.717) is 12.5 Å². The minimum Gasteiger partial charge on any atom is -0.496 e. The number of methoxy groups -OCH3 is 1. The molecule has 1 aliphatic rings. The van der Waals surface area contributed by atoms with Crippen LogP contribution in [0.4, 0.5) is 0 Å². The highest BCUT2D eigenvalue weighted by Gasteiger charge is 2.37. The van der Waals surface area contributed by atoms with Crippen molar-refractivity contribution >= 4 is 15.9 Å². The lowest BCUT2D eigenvalue weighted by atomic mass is 9.77. The molecule has 0 radical (unpaired) electrons. The highest BCUT2D eigenvalue weighted by Crippen LogP contribution is 2.47. The Labute approximate surface area is 124 Å². The molecule has 2 rings (SSSR count). The number of hydrogen-bond donors (Lipinski definition) is 1. The standard InChI is InChI=1S/C16H24BrNO/c1-11(2)13-8-12(17)9-14(15(13)19-3)16(10-18)6-4-5-7-16/h8-9,11H,4-7,10,18H2,1-3H3.